The summed E-state index contributed by atoms with van der Waals surface area (Å²) in [5.41, 5.74) is 3.09. The summed E-state index contributed by atoms with van der Waals surface area (Å²) in [6.07, 6.45) is 1.18. The van der Waals surface area contributed by atoms with Gasteiger partial charge in [0.1, 0.15) is 6.04 Å². The Balaban J connectivity index is 1.38. The SMILES string of the molecule is CCC1C(=O)NCCN1C(=O)CCc1nnc(-c2ccc(-c3ccccc3)cc2)o1. The second-order valence-electron chi connectivity index (χ2n) is 7.25. The minimum atomic E-state index is -0.396. The summed E-state index contributed by atoms with van der Waals surface area (Å²) in [6.45, 7) is 2.93. The molecule has 0 spiro atoms. The molecule has 0 radical (unpaired) electrons. The normalized spacial score (nSPS) is 16.4. The van der Waals surface area contributed by atoms with E-state index >= 15 is 0 Å². The molecule has 2 aromatic carbocycles. The van der Waals surface area contributed by atoms with E-state index in [4.69, 9.17) is 4.42 Å². The quantitative estimate of drug-likeness (QED) is 0.682. The fraction of sp³-hybridized carbons (Fsp3) is 0.304. The summed E-state index contributed by atoms with van der Waals surface area (Å²) in [6, 6.07) is 17.7. The fourth-order valence-corrected chi connectivity index (χ4v) is 3.68. The number of benzene rings is 2. The van der Waals surface area contributed by atoms with E-state index in [1.807, 2.05) is 49.4 Å². The zero-order valence-corrected chi connectivity index (χ0v) is 16.9. The smallest absolute Gasteiger partial charge is 0.247 e. The molecule has 1 saturated heterocycles. The molecule has 1 N–H and O–H groups in total. The van der Waals surface area contributed by atoms with E-state index in [0.717, 1.165) is 16.7 Å². The number of aryl methyl sites for hydroxylation is 1. The topological polar surface area (TPSA) is 88.3 Å². The van der Waals surface area contributed by atoms with Gasteiger partial charge in [-0.3, -0.25) is 9.59 Å². The van der Waals surface area contributed by atoms with Crippen LogP contribution in [-0.4, -0.2) is 46.0 Å². The van der Waals surface area contributed by atoms with Crippen LogP contribution in [0.5, 0.6) is 0 Å². The second-order valence-corrected chi connectivity index (χ2v) is 7.25. The average molecular weight is 404 g/mol. The number of amides is 2. The molecule has 7 nitrogen and oxygen atoms in total. The lowest BCUT2D eigenvalue weighted by atomic mass is 10.0. The highest BCUT2D eigenvalue weighted by molar-refractivity contribution is 5.88. The molecule has 2 amide bonds. The first kappa shape index (κ1) is 19.8. The second kappa shape index (κ2) is 8.90. The summed E-state index contributed by atoms with van der Waals surface area (Å²) in [5.74, 6) is 0.695. The molecule has 1 atom stereocenters. The predicted octanol–water partition coefficient (Wildman–Crippen LogP) is 3.07. The Hall–Kier alpha value is -3.48. The van der Waals surface area contributed by atoms with Crippen LogP contribution in [0.3, 0.4) is 0 Å². The molecule has 1 aliphatic heterocycles. The van der Waals surface area contributed by atoms with Crippen molar-refractivity contribution in [3.63, 3.8) is 0 Å². The molecule has 0 saturated carbocycles. The van der Waals surface area contributed by atoms with Gasteiger partial charge >= 0.3 is 0 Å². The van der Waals surface area contributed by atoms with Gasteiger partial charge in [-0.2, -0.15) is 0 Å². The molecule has 1 aromatic heterocycles. The van der Waals surface area contributed by atoms with Crippen molar-refractivity contribution in [2.45, 2.75) is 32.2 Å². The Morgan fingerprint density at radius 3 is 2.50 bits per heavy atom. The van der Waals surface area contributed by atoms with E-state index in [9.17, 15) is 9.59 Å². The van der Waals surface area contributed by atoms with Crippen LogP contribution in [-0.2, 0) is 16.0 Å². The van der Waals surface area contributed by atoms with E-state index in [0.29, 0.717) is 37.7 Å². The molecular formula is C23H24N4O3. The third-order valence-corrected chi connectivity index (χ3v) is 5.30. The van der Waals surface area contributed by atoms with Crippen molar-refractivity contribution in [2.75, 3.05) is 13.1 Å². The van der Waals surface area contributed by atoms with Crippen molar-refractivity contribution in [1.82, 2.24) is 20.4 Å². The monoisotopic (exact) mass is 404 g/mol. The van der Waals surface area contributed by atoms with Gasteiger partial charge in [0, 0.05) is 31.5 Å². The molecule has 3 aromatic rings. The maximum atomic E-state index is 12.6. The number of hydrogen-bond acceptors (Lipinski definition) is 5. The van der Waals surface area contributed by atoms with Crippen molar-refractivity contribution < 1.29 is 14.0 Å². The fourth-order valence-electron chi connectivity index (χ4n) is 3.68. The number of carbonyl (C=O) groups excluding carboxylic acids is 2. The van der Waals surface area contributed by atoms with Gasteiger partial charge < -0.3 is 14.6 Å². The van der Waals surface area contributed by atoms with E-state index in [2.05, 4.69) is 27.6 Å². The Morgan fingerprint density at radius 1 is 1.07 bits per heavy atom. The molecule has 0 aliphatic carbocycles. The molecule has 154 valence electrons. The molecule has 1 aliphatic rings. The van der Waals surface area contributed by atoms with Crippen LogP contribution in [0.1, 0.15) is 25.7 Å². The van der Waals surface area contributed by atoms with Gasteiger partial charge in [0.15, 0.2) is 0 Å². The van der Waals surface area contributed by atoms with Crippen LogP contribution in [0.2, 0.25) is 0 Å². The van der Waals surface area contributed by atoms with E-state index in [1.165, 1.54) is 0 Å². The lowest BCUT2D eigenvalue weighted by molar-refractivity contribution is -0.143. The van der Waals surface area contributed by atoms with Crippen molar-refractivity contribution >= 4 is 11.8 Å². The lowest BCUT2D eigenvalue weighted by Crippen LogP contribution is -2.56. The van der Waals surface area contributed by atoms with Crippen LogP contribution in [0.15, 0.2) is 59.0 Å². The Kier molecular flexibility index (Phi) is 5.88. The first-order valence-electron chi connectivity index (χ1n) is 10.2. The summed E-state index contributed by atoms with van der Waals surface area (Å²) in [7, 11) is 0. The third kappa shape index (κ3) is 4.25. The van der Waals surface area contributed by atoms with Crippen LogP contribution in [0.25, 0.3) is 22.6 Å². The lowest BCUT2D eigenvalue weighted by Gasteiger charge is -2.34. The number of piperazine rings is 1. The summed E-state index contributed by atoms with van der Waals surface area (Å²) >= 11 is 0. The van der Waals surface area contributed by atoms with Gasteiger partial charge in [-0.25, -0.2) is 0 Å². The molecule has 30 heavy (non-hydrogen) atoms. The van der Waals surface area contributed by atoms with Crippen LogP contribution in [0.4, 0.5) is 0 Å². The minimum Gasteiger partial charge on any atom is -0.421 e. The summed E-state index contributed by atoms with van der Waals surface area (Å²) in [4.78, 5) is 26.2. The summed E-state index contributed by atoms with van der Waals surface area (Å²) in [5, 5.41) is 11.0. The minimum absolute atomic E-state index is 0.0661. The molecule has 0 bridgehead atoms. The predicted molar refractivity (Wildman–Crippen MR) is 112 cm³/mol. The Morgan fingerprint density at radius 2 is 1.77 bits per heavy atom. The number of nitrogens with one attached hydrogen (secondary N) is 1. The van der Waals surface area contributed by atoms with E-state index in [1.54, 1.807) is 4.90 Å². The zero-order chi connectivity index (χ0) is 20.9. The first-order valence-corrected chi connectivity index (χ1v) is 10.2. The molecule has 4 rings (SSSR count). The largest absolute Gasteiger partial charge is 0.421 e. The number of rotatable bonds is 6. The van der Waals surface area contributed by atoms with Crippen LogP contribution >= 0.6 is 0 Å². The standard InChI is InChI=1S/C23H24N4O3/c1-2-19-22(29)24-14-15-27(19)21(28)13-12-20-25-26-23(30-20)18-10-8-17(9-11-18)16-6-4-3-5-7-16/h3-11,19H,2,12-15H2,1H3,(H,24,29). The van der Waals surface area contributed by atoms with Gasteiger partial charge in [-0.05, 0) is 29.7 Å². The average Bonchev–Trinajstić information content (AvgIpc) is 3.27. The molecule has 7 heteroatoms. The van der Waals surface area contributed by atoms with E-state index in [-0.39, 0.29) is 18.2 Å². The van der Waals surface area contributed by atoms with Gasteiger partial charge in [-0.15, -0.1) is 10.2 Å². The maximum absolute atomic E-state index is 12.6. The van der Waals surface area contributed by atoms with Gasteiger partial charge in [-0.1, -0.05) is 49.4 Å². The van der Waals surface area contributed by atoms with Crippen molar-refractivity contribution in [3.8, 4) is 22.6 Å². The zero-order valence-electron chi connectivity index (χ0n) is 16.9. The number of aromatic nitrogens is 2. The number of carbonyl (C=O) groups is 2. The summed E-state index contributed by atoms with van der Waals surface area (Å²) < 4.78 is 5.76. The van der Waals surface area contributed by atoms with Gasteiger partial charge in [0.25, 0.3) is 0 Å². The molecule has 2 heterocycles. The van der Waals surface area contributed by atoms with Crippen LogP contribution < -0.4 is 5.32 Å². The highest BCUT2D eigenvalue weighted by Gasteiger charge is 2.31. The highest BCUT2D eigenvalue weighted by Crippen LogP contribution is 2.24. The third-order valence-electron chi connectivity index (χ3n) is 5.30. The van der Waals surface area contributed by atoms with Crippen molar-refractivity contribution in [1.29, 1.82) is 0 Å². The van der Waals surface area contributed by atoms with Crippen LogP contribution in [0, 0.1) is 0 Å². The van der Waals surface area contributed by atoms with Gasteiger partial charge in [0.2, 0.25) is 23.6 Å². The van der Waals surface area contributed by atoms with E-state index < -0.39 is 6.04 Å². The van der Waals surface area contributed by atoms with Crippen molar-refractivity contribution in [2.24, 2.45) is 0 Å². The first-order chi connectivity index (χ1) is 14.7. The Bertz CT molecular complexity index is 1010. The molecule has 1 fully saturated rings. The highest BCUT2D eigenvalue weighted by atomic mass is 16.4. The number of hydrogen-bond donors (Lipinski definition) is 1. The molecular weight excluding hydrogens is 380 g/mol. The molecule has 1 unspecified atom stereocenters. The number of nitrogens with zero attached hydrogens (tertiary/aromatic N) is 3. The van der Waals surface area contributed by atoms with Crippen molar-refractivity contribution in [3.05, 3.63) is 60.5 Å². The Labute approximate surface area is 175 Å². The maximum Gasteiger partial charge on any atom is 0.247 e. The van der Waals surface area contributed by atoms with Gasteiger partial charge in [0.05, 0.1) is 0 Å².